The highest BCUT2D eigenvalue weighted by Gasteiger charge is 2.45. The molecule has 3 heterocycles. The predicted molar refractivity (Wildman–Crippen MR) is 107 cm³/mol. The number of carbonyl (C=O) groups excluding carboxylic acids is 1. The van der Waals surface area contributed by atoms with Gasteiger partial charge in [0.1, 0.15) is 0 Å². The number of aryl methyl sites for hydroxylation is 1. The third-order valence-electron chi connectivity index (χ3n) is 6.14. The molecule has 3 aliphatic heterocycles. The number of hydrogen-bond donors (Lipinski definition) is 1. The van der Waals surface area contributed by atoms with E-state index in [9.17, 15) is 18.0 Å². The van der Waals surface area contributed by atoms with Gasteiger partial charge < -0.3 is 14.7 Å². The Kier molecular flexibility index (Phi) is 7.26. The lowest BCUT2D eigenvalue weighted by atomic mass is 9.89. The summed E-state index contributed by atoms with van der Waals surface area (Å²) >= 11 is 0. The summed E-state index contributed by atoms with van der Waals surface area (Å²) in [6, 6.07) is 9.18. The molecule has 1 N–H and O–H groups in total. The van der Waals surface area contributed by atoms with E-state index in [2.05, 4.69) is 41.0 Å². The second-order valence-corrected chi connectivity index (χ2v) is 8.62. The molecule has 3 fully saturated rings. The molecule has 1 aromatic carbocycles. The number of likely N-dealkylation sites (tertiary alicyclic amines) is 2. The highest BCUT2D eigenvalue weighted by molar-refractivity contribution is 5.78. The summed E-state index contributed by atoms with van der Waals surface area (Å²) in [5, 5.41) is 7.12. The molecule has 31 heavy (non-hydrogen) atoms. The first-order valence-corrected chi connectivity index (χ1v) is 10.6. The third kappa shape index (κ3) is 6.20. The van der Waals surface area contributed by atoms with Gasteiger partial charge in [0.2, 0.25) is 5.91 Å². The van der Waals surface area contributed by atoms with E-state index in [1.807, 2.05) is 0 Å². The fourth-order valence-corrected chi connectivity index (χ4v) is 4.74. The minimum absolute atomic E-state index is 0.0321. The van der Waals surface area contributed by atoms with Crippen molar-refractivity contribution in [2.75, 3.05) is 26.2 Å². The number of alkyl halides is 3. The molecular weight excluding hydrogens is 413 g/mol. The van der Waals surface area contributed by atoms with Gasteiger partial charge in [-0.2, -0.15) is 13.2 Å². The zero-order valence-electron chi connectivity index (χ0n) is 17.7. The van der Waals surface area contributed by atoms with Crippen LogP contribution in [0.3, 0.4) is 0 Å². The zero-order valence-corrected chi connectivity index (χ0v) is 17.7. The zero-order chi connectivity index (χ0) is 22.6. The number of nitrogens with zero attached hydrogens (tertiary/aromatic N) is 2. The van der Waals surface area contributed by atoms with Crippen molar-refractivity contribution in [1.82, 2.24) is 9.80 Å². The number of hydrogen-bond acceptors (Lipinski definition) is 4. The molecule has 0 aromatic heterocycles. The molecule has 1 aromatic rings. The number of carbonyl (C=O) groups is 2. The van der Waals surface area contributed by atoms with E-state index in [4.69, 9.17) is 14.6 Å². The van der Waals surface area contributed by atoms with Crippen LogP contribution in [-0.2, 0) is 20.9 Å². The topological polar surface area (TPSA) is 70.1 Å². The van der Waals surface area contributed by atoms with Gasteiger partial charge in [-0.25, -0.2) is 4.79 Å². The molecule has 6 nitrogen and oxygen atoms in total. The highest BCUT2D eigenvalue weighted by Crippen LogP contribution is 2.37. The smallest absolute Gasteiger partial charge is 0.475 e. The predicted octanol–water partition coefficient (Wildman–Crippen LogP) is 3.37. The van der Waals surface area contributed by atoms with Crippen LogP contribution in [0.4, 0.5) is 13.2 Å². The summed E-state index contributed by atoms with van der Waals surface area (Å²) in [4.78, 5) is 25.6. The number of aliphatic carboxylic acids is 1. The van der Waals surface area contributed by atoms with Crippen LogP contribution in [-0.4, -0.2) is 70.8 Å². The Morgan fingerprint density at radius 3 is 2.68 bits per heavy atom. The number of rotatable bonds is 3. The van der Waals surface area contributed by atoms with Gasteiger partial charge in [0.25, 0.3) is 0 Å². The first-order chi connectivity index (χ1) is 14.6. The van der Waals surface area contributed by atoms with Gasteiger partial charge in [-0.3, -0.25) is 9.69 Å². The normalized spacial score (nSPS) is 26.8. The highest BCUT2D eigenvalue weighted by atomic mass is 19.4. The summed E-state index contributed by atoms with van der Waals surface area (Å²) in [6.07, 6.45) is -0.196. The minimum atomic E-state index is -5.08. The molecule has 0 aliphatic carbocycles. The lowest BCUT2D eigenvalue weighted by molar-refractivity contribution is -0.192. The van der Waals surface area contributed by atoms with E-state index >= 15 is 0 Å². The molecule has 0 unspecified atom stereocenters. The van der Waals surface area contributed by atoms with Gasteiger partial charge in [-0.05, 0) is 38.2 Å². The SMILES string of the molecule is Cc1cccc(CN2CC[C@@]3(C[C@H](N4CCCC4=O)CCO3)C2)c1.O=C(O)C(F)(F)F. The van der Waals surface area contributed by atoms with Crippen molar-refractivity contribution in [2.24, 2.45) is 0 Å². The van der Waals surface area contributed by atoms with Crippen molar-refractivity contribution in [2.45, 2.75) is 63.4 Å². The monoisotopic (exact) mass is 442 g/mol. The van der Waals surface area contributed by atoms with Crippen LogP contribution < -0.4 is 0 Å². The maximum absolute atomic E-state index is 12.1. The first-order valence-electron chi connectivity index (χ1n) is 10.6. The van der Waals surface area contributed by atoms with Crippen LogP contribution >= 0.6 is 0 Å². The van der Waals surface area contributed by atoms with Crippen LogP contribution in [0.25, 0.3) is 0 Å². The Labute approximate surface area is 180 Å². The number of halogens is 3. The summed E-state index contributed by atoms with van der Waals surface area (Å²) in [5.41, 5.74) is 2.67. The largest absolute Gasteiger partial charge is 0.490 e. The Morgan fingerprint density at radius 2 is 2.06 bits per heavy atom. The van der Waals surface area contributed by atoms with Crippen LogP contribution in [0.5, 0.6) is 0 Å². The second-order valence-electron chi connectivity index (χ2n) is 8.62. The standard InChI is InChI=1S/C20H28N2O2.C2HF3O2/c1-16-4-2-5-17(12-16)14-21-10-8-20(15-21)13-18(7-11-24-20)22-9-3-6-19(22)23;3-2(4,5)1(6)7/h2,4-5,12,18H,3,6-11,13-15H2,1H3;(H,6,7)/t18-,20-;/m1./s1. The molecule has 172 valence electrons. The molecule has 3 aliphatic rings. The van der Waals surface area contributed by atoms with E-state index in [0.717, 1.165) is 64.9 Å². The van der Waals surface area contributed by atoms with Crippen LogP contribution in [0, 0.1) is 6.92 Å². The molecule has 2 atom stereocenters. The van der Waals surface area contributed by atoms with Crippen molar-refractivity contribution in [3.8, 4) is 0 Å². The van der Waals surface area contributed by atoms with E-state index in [0.29, 0.717) is 11.9 Å². The number of carboxylic acids is 1. The fourth-order valence-electron chi connectivity index (χ4n) is 4.74. The maximum atomic E-state index is 12.1. The fraction of sp³-hybridized carbons (Fsp3) is 0.636. The molecule has 0 radical (unpaired) electrons. The third-order valence-corrected chi connectivity index (χ3v) is 6.14. The van der Waals surface area contributed by atoms with Gasteiger partial charge in [0.15, 0.2) is 0 Å². The molecule has 1 spiro atoms. The first kappa shape index (κ1) is 23.5. The molecule has 1 amide bonds. The van der Waals surface area contributed by atoms with Crippen LogP contribution in [0.15, 0.2) is 24.3 Å². The van der Waals surface area contributed by atoms with Gasteiger partial charge in [-0.1, -0.05) is 29.8 Å². The van der Waals surface area contributed by atoms with E-state index in [-0.39, 0.29) is 5.60 Å². The lowest BCUT2D eigenvalue weighted by Crippen LogP contribution is -2.50. The average molecular weight is 442 g/mol. The molecular formula is C22H29F3N2O4. The summed E-state index contributed by atoms with van der Waals surface area (Å²) in [7, 11) is 0. The summed E-state index contributed by atoms with van der Waals surface area (Å²) in [6.45, 7) is 6.99. The van der Waals surface area contributed by atoms with Crippen molar-refractivity contribution >= 4 is 11.9 Å². The Balaban J connectivity index is 0.000000339. The average Bonchev–Trinajstić information content (AvgIpc) is 3.28. The summed E-state index contributed by atoms with van der Waals surface area (Å²) < 4.78 is 38.0. The van der Waals surface area contributed by atoms with Crippen molar-refractivity contribution in [1.29, 1.82) is 0 Å². The molecule has 0 saturated carbocycles. The van der Waals surface area contributed by atoms with Crippen molar-refractivity contribution in [3.05, 3.63) is 35.4 Å². The number of amides is 1. The Hall–Kier alpha value is -2.13. The maximum Gasteiger partial charge on any atom is 0.490 e. The van der Waals surface area contributed by atoms with Crippen molar-refractivity contribution < 1.29 is 32.6 Å². The van der Waals surface area contributed by atoms with E-state index in [1.165, 1.54) is 11.1 Å². The Bertz CT molecular complexity index is 801. The van der Waals surface area contributed by atoms with Crippen LogP contribution in [0.2, 0.25) is 0 Å². The molecule has 0 bridgehead atoms. The number of carboxylic acid groups (broad SMARTS) is 1. The van der Waals surface area contributed by atoms with Gasteiger partial charge in [-0.15, -0.1) is 0 Å². The van der Waals surface area contributed by atoms with Gasteiger partial charge in [0, 0.05) is 45.2 Å². The molecule has 9 heteroatoms. The van der Waals surface area contributed by atoms with Gasteiger partial charge >= 0.3 is 12.1 Å². The minimum Gasteiger partial charge on any atom is -0.475 e. The number of ether oxygens (including phenoxy) is 1. The van der Waals surface area contributed by atoms with Crippen molar-refractivity contribution in [3.63, 3.8) is 0 Å². The van der Waals surface area contributed by atoms with Crippen LogP contribution in [0.1, 0.15) is 43.2 Å². The van der Waals surface area contributed by atoms with E-state index < -0.39 is 12.1 Å². The quantitative estimate of drug-likeness (QED) is 0.777. The second kappa shape index (κ2) is 9.56. The Morgan fingerprint density at radius 1 is 1.32 bits per heavy atom. The van der Waals surface area contributed by atoms with E-state index in [1.54, 1.807) is 0 Å². The summed E-state index contributed by atoms with van der Waals surface area (Å²) in [5.74, 6) is -2.40. The molecule has 4 rings (SSSR count). The number of benzene rings is 1. The lowest BCUT2D eigenvalue weighted by Gasteiger charge is -2.41. The van der Waals surface area contributed by atoms with Gasteiger partial charge in [0.05, 0.1) is 5.60 Å². The molecule has 3 saturated heterocycles.